The molecule has 0 spiro atoms. The normalized spacial score (nSPS) is 20.1. The van der Waals surface area contributed by atoms with Crippen molar-refractivity contribution in [3.8, 4) is 0 Å². The van der Waals surface area contributed by atoms with Gasteiger partial charge < -0.3 is 10.2 Å². The molecule has 3 nitrogen and oxygen atoms in total. The molecule has 23 heavy (non-hydrogen) atoms. The monoisotopic (exact) mass is 372 g/mol. The highest BCUT2D eigenvalue weighted by atomic mass is 35.5. The van der Waals surface area contributed by atoms with Crippen molar-refractivity contribution in [2.75, 3.05) is 31.6 Å². The minimum Gasteiger partial charge on any atom is -0.339 e. The van der Waals surface area contributed by atoms with Crippen LogP contribution in [0.25, 0.3) is 0 Å². The van der Waals surface area contributed by atoms with Crippen molar-refractivity contribution >= 4 is 41.8 Å². The molecular weight excluding hydrogens is 348 g/mol. The molecule has 0 atom stereocenters. The molecule has 1 N–H and O–H groups in total. The maximum absolute atomic E-state index is 12.6. The van der Waals surface area contributed by atoms with Crippen LogP contribution in [0.5, 0.6) is 0 Å². The Balaban J connectivity index is 0.00000192. The van der Waals surface area contributed by atoms with Gasteiger partial charge in [-0.1, -0.05) is 12.1 Å². The number of nitrogens with zero attached hydrogens (tertiary/aromatic N) is 1. The van der Waals surface area contributed by atoms with Gasteiger partial charge >= 0.3 is 0 Å². The molecule has 0 unspecified atom stereocenters. The number of piperidine rings is 1. The lowest BCUT2D eigenvalue weighted by Gasteiger charge is -2.32. The van der Waals surface area contributed by atoms with E-state index >= 15 is 0 Å². The van der Waals surface area contributed by atoms with Crippen LogP contribution >= 0.6 is 35.9 Å². The van der Waals surface area contributed by atoms with E-state index < -0.39 is 0 Å². The van der Waals surface area contributed by atoms with E-state index in [0.717, 1.165) is 31.5 Å². The van der Waals surface area contributed by atoms with Gasteiger partial charge in [0, 0.05) is 24.7 Å². The first-order valence-electron chi connectivity index (χ1n) is 8.07. The maximum atomic E-state index is 12.6. The summed E-state index contributed by atoms with van der Waals surface area (Å²) in [6.07, 6.45) is 3.41. The number of amides is 1. The molecule has 2 saturated heterocycles. The summed E-state index contributed by atoms with van der Waals surface area (Å²) in [4.78, 5) is 14.6. The van der Waals surface area contributed by atoms with Crippen LogP contribution < -0.4 is 5.32 Å². The molecule has 3 rings (SSSR count). The molecule has 0 radical (unpaired) electrons. The summed E-state index contributed by atoms with van der Waals surface area (Å²) in [5, 5.41) is 3.30. The van der Waals surface area contributed by atoms with Gasteiger partial charge in [-0.15, -0.1) is 35.9 Å². The average molecular weight is 373 g/mol. The summed E-state index contributed by atoms with van der Waals surface area (Å²) in [6.45, 7) is 1.72. The summed E-state index contributed by atoms with van der Waals surface area (Å²) in [7, 11) is 2.00. The van der Waals surface area contributed by atoms with Crippen molar-refractivity contribution in [1.82, 2.24) is 10.2 Å². The number of hydrogen-bond acceptors (Lipinski definition) is 4. The molecule has 0 aliphatic carbocycles. The number of thioether (sulfide) groups is 2. The topological polar surface area (TPSA) is 32.3 Å². The van der Waals surface area contributed by atoms with Crippen molar-refractivity contribution < 1.29 is 4.79 Å². The molecule has 128 valence electrons. The lowest BCUT2D eigenvalue weighted by molar-refractivity contribution is 0.0707. The van der Waals surface area contributed by atoms with Crippen LogP contribution in [0.1, 0.15) is 39.8 Å². The van der Waals surface area contributed by atoms with Crippen molar-refractivity contribution in [3.63, 3.8) is 0 Å². The number of halogens is 1. The third kappa shape index (κ3) is 4.81. The van der Waals surface area contributed by atoms with E-state index in [-0.39, 0.29) is 18.3 Å². The van der Waals surface area contributed by atoms with Crippen molar-refractivity contribution in [1.29, 1.82) is 0 Å². The van der Waals surface area contributed by atoms with Gasteiger partial charge in [0.2, 0.25) is 0 Å². The molecule has 0 aromatic heterocycles. The Labute approximate surface area is 153 Å². The highest BCUT2D eigenvalue weighted by Gasteiger charge is 2.23. The Morgan fingerprint density at radius 1 is 1.13 bits per heavy atom. The molecule has 6 heteroatoms. The Morgan fingerprint density at radius 3 is 2.30 bits per heavy atom. The summed E-state index contributed by atoms with van der Waals surface area (Å²) >= 11 is 4.04. The first-order valence-corrected chi connectivity index (χ1v) is 10.2. The summed E-state index contributed by atoms with van der Waals surface area (Å²) < 4.78 is 0.546. The fourth-order valence-electron chi connectivity index (χ4n) is 3.02. The Morgan fingerprint density at radius 2 is 1.74 bits per heavy atom. The largest absolute Gasteiger partial charge is 0.339 e. The molecule has 0 saturated carbocycles. The van der Waals surface area contributed by atoms with E-state index in [1.165, 1.54) is 23.5 Å². The number of hydrogen-bond donors (Lipinski definition) is 1. The number of carbonyl (C=O) groups is 1. The predicted octanol–water partition coefficient (Wildman–Crippen LogP) is 3.80. The fourth-order valence-corrected chi connectivity index (χ4v) is 5.91. The molecule has 1 aromatic rings. The van der Waals surface area contributed by atoms with Crippen LogP contribution in [0.3, 0.4) is 0 Å². The van der Waals surface area contributed by atoms with Crippen molar-refractivity contribution in [2.45, 2.75) is 29.9 Å². The third-order valence-corrected chi connectivity index (χ3v) is 7.46. The van der Waals surface area contributed by atoms with E-state index in [1.54, 1.807) is 0 Å². The molecule has 1 amide bonds. The molecular formula is C17H25ClN2OS2. The molecule has 2 aliphatic heterocycles. The SMILES string of the molecule is CNC1CCN(C(=O)c2ccc(C3SCCCS3)cc2)CC1.Cl. The average Bonchev–Trinajstić information content (AvgIpc) is 2.62. The first kappa shape index (κ1) is 19.0. The van der Waals surface area contributed by atoms with Crippen molar-refractivity contribution in [2.24, 2.45) is 0 Å². The number of benzene rings is 1. The zero-order valence-corrected chi connectivity index (χ0v) is 15.9. The van der Waals surface area contributed by atoms with Gasteiger partial charge in [-0.25, -0.2) is 0 Å². The van der Waals surface area contributed by atoms with Crippen LogP contribution in [0.2, 0.25) is 0 Å². The summed E-state index contributed by atoms with van der Waals surface area (Å²) in [6, 6.07) is 8.87. The standard InChI is InChI=1S/C17H24N2OS2.ClH/c1-18-15-7-9-19(10-8-15)16(20)13-3-5-14(6-4-13)17-21-11-2-12-22-17;/h3-6,15,17-18H,2,7-12H2,1H3;1H. The second-order valence-corrected chi connectivity index (χ2v) is 8.63. The fraction of sp³-hybridized carbons (Fsp3) is 0.588. The zero-order valence-electron chi connectivity index (χ0n) is 13.5. The molecule has 2 aliphatic rings. The van der Waals surface area contributed by atoms with Crippen LogP contribution in [-0.2, 0) is 0 Å². The number of rotatable bonds is 3. The van der Waals surface area contributed by atoms with E-state index in [0.29, 0.717) is 10.6 Å². The predicted molar refractivity (Wildman–Crippen MR) is 104 cm³/mol. The van der Waals surface area contributed by atoms with Gasteiger partial charge in [-0.05, 0) is 55.5 Å². The van der Waals surface area contributed by atoms with Crippen molar-refractivity contribution in [3.05, 3.63) is 35.4 Å². The maximum Gasteiger partial charge on any atom is 0.253 e. The minimum atomic E-state index is 0. The second-order valence-electron chi connectivity index (χ2n) is 5.90. The van der Waals surface area contributed by atoms with E-state index in [9.17, 15) is 4.79 Å². The van der Waals surface area contributed by atoms with Gasteiger partial charge in [-0.2, -0.15) is 0 Å². The van der Waals surface area contributed by atoms with Crippen LogP contribution in [0.15, 0.2) is 24.3 Å². The quantitative estimate of drug-likeness (QED) is 0.874. The van der Waals surface area contributed by atoms with Crippen LogP contribution in [-0.4, -0.2) is 48.5 Å². The van der Waals surface area contributed by atoms with Gasteiger partial charge in [-0.3, -0.25) is 4.79 Å². The molecule has 0 bridgehead atoms. The molecule has 2 heterocycles. The van der Waals surface area contributed by atoms with Crippen LogP contribution in [0.4, 0.5) is 0 Å². The summed E-state index contributed by atoms with van der Waals surface area (Å²) in [5.74, 6) is 2.68. The third-order valence-electron chi connectivity index (χ3n) is 4.45. The smallest absolute Gasteiger partial charge is 0.253 e. The van der Waals surface area contributed by atoms with Gasteiger partial charge in [0.1, 0.15) is 0 Å². The lowest BCUT2D eigenvalue weighted by Crippen LogP contribution is -2.43. The lowest BCUT2D eigenvalue weighted by atomic mass is 10.0. The van der Waals surface area contributed by atoms with E-state index in [1.807, 2.05) is 47.6 Å². The molecule has 1 aromatic carbocycles. The Hall–Kier alpha value is -0.360. The van der Waals surface area contributed by atoms with E-state index in [4.69, 9.17) is 0 Å². The number of carbonyl (C=O) groups excluding carboxylic acids is 1. The highest BCUT2D eigenvalue weighted by molar-refractivity contribution is 8.16. The van der Waals surface area contributed by atoms with Crippen LogP contribution in [0, 0.1) is 0 Å². The Kier molecular flexibility index (Phi) is 7.60. The van der Waals surface area contributed by atoms with E-state index in [2.05, 4.69) is 17.4 Å². The number of nitrogens with one attached hydrogen (secondary N) is 1. The Bertz CT molecular complexity index is 498. The molecule has 2 fully saturated rings. The highest BCUT2D eigenvalue weighted by Crippen LogP contribution is 2.43. The minimum absolute atomic E-state index is 0. The summed E-state index contributed by atoms with van der Waals surface area (Å²) in [5.41, 5.74) is 2.18. The first-order chi connectivity index (χ1) is 10.8. The van der Waals surface area contributed by atoms with Gasteiger partial charge in [0.25, 0.3) is 5.91 Å². The number of likely N-dealkylation sites (tertiary alicyclic amines) is 1. The van der Waals surface area contributed by atoms with Gasteiger partial charge in [0.15, 0.2) is 0 Å². The van der Waals surface area contributed by atoms with Gasteiger partial charge in [0.05, 0.1) is 4.58 Å². The second kappa shape index (κ2) is 9.21. The zero-order chi connectivity index (χ0) is 15.4.